The fraction of sp³-hybridized carbons (Fsp3) is 0.455. The minimum Gasteiger partial charge on any atom is -0.392 e. The van der Waals surface area contributed by atoms with Crippen molar-refractivity contribution in [1.82, 2.24) is 5.32 Å². The standard InChI is InChI=1S/C11H16BrNO2/c1-8(14)6-13-7-11(15)9-3-2-4-10(12)5-9/h2-5,8,11,13-15H,6-7H2,1H3. The van der Waals surface area contributed by atoms with E-state index in [-0.39, 0.29) is 6.10 Å². The third-order valence-electron chi connectivity index (χ3n) is 2.01. The molecule has 1 rings (SSSR count). The highest BCUT2D eigenvalue weighted by molar-refractivity contribution is 9.10. The molecule has 0 heterocycles. The van der Waals surface area contributed by atoms with Crippen molar-refractivity contribution in [3.05, 3.63) is 34.3 Å². The first kappa shape index (κ1) is 12.6. The van der Waals surface area contributed by atoms with Crippen LogP contribution < -0.4 is 5.32 Å². The summed E-state index contributed by atoms with van der Waals surface area (Å²) in [5, 5.41) is 21.8. The lowest BCUT2D eigenvalue weighted by Crippen LogP contribution is -2.28. The number of halogens is 1. The van der Waals surface area contributed by atoms with Crippen LogP contribution in [0, 0.1) is 0 Å². The summed E-state index contributed by atoms with van der Waals surface area (Å²) in [4.78, 5) is 0. The average molecular weight is 274 g/mol. The van der Waals surface area contributed by atoms with Crippen LogP contribution in [0.4, 0.5) is 0 Å². The molecule has 0 aliphatic heterocycles. The largest absolute Gasteiger partial charge is 0.392 e. The molecule has 2 unspecified atom stereocenters. The minimum atomic E-state index is -0.541. The Kier molecular flexibility index (Phi) is 5.25. The van der Waals surface area contributed by atoms with Crippen molar-refractivity contribution in [2.24, 2.45) is 0 Å². The van der Waals surface area contributed by atoms with E-state index in [1.165, 1.54) is 0 Å². The number of hydrogen-bond donors (Lipinski definition) is 3. The molecular formula is C11H16BrNO2. The molecule has 0 amide bonds. The van der Waals surface area contributed by atoms with Gasteiger partial charge in [0.05, 0.1) is 12.2 Å². The van der Waals surface area contributed by atoms with Crippen molar-refractivity contribution in [2.75, 3.05) is 13.1 Å². The van der Waals surface area contributed by atoms with E-state index in [1.54, 1.807) is 6.92 Å². The van der Waals surface area contributed by atoms with Crippen LogP contribution in [0.2, 0.25) is 0 Å². The highest BCUT2D eigenvalue weighted by Gasteiger charge is 2.07. The van der Waals surface area contributed by atoms with E-state index in [9.17, 15) is 5.11 Å². The maximum absolute atomic E-state index is 9.79. The van der Waals surface area contributed by atoms with Crippen molar-refractivity contribution in [3.63, 3.8) is 0 Å². The summed E-state index contributed by atoms with van der Waals surface area (Å²) in [7, 11) is 0. The molecule has 0 saturated heterocycles. The zero-order valence-corrected chi connectivity index (χ0v) is 10.2. The van der Waals surface area contributed by atoms with Gasteiger partial charge in [-0.2, -0.15) is 0 Å². The zero-order chi connectivity index (χ0) is 11.3. The Balaban J connectivity index is 2.43. The van der Waals surface area contributed by atoms with Gasteiger partial charge in [0.2, 0.25) is 0 Å². The predicted molar refractivity (Wildman–Crippen MR) is 63.7 cm³/mol. The molecule has 1 aromatic rings. The summed E-state index contributed by atoms with van der Waals surface area (Å²) in [5.41, 5.74) is 0.863. The topological polar surface area (TPSA) is 52.5 Å². The monoisotopic (exact) mass is 273 g/mol. The molecule has 84 valence electrons. The minimum absolute atomic E-state index is 0.389. The second kappa shape index (κ2) is 6.23. The molecule has 0 spiro atoms. The number of aliphatic hydroxyl groups excluding tert-OH is 2. The molecule has 0 bridgehead atoms. The van der Waals surface area contributed by atoms with Gasteiger partial charge in [-0.25, -0.2) is 0 Å². The molecule has 3 nitrogen and oxygen atoms in total. The second-order valence-corrected chi connectivity index (χ2v) is 4.49. The number of rotatable bonds is 5. The normalized spacial score (nSPS) is 14.9. The number of hydrogen-bond acceptors (Lipinski definition) is 3. The molecule has 0 aliphatic rings. The van der Waals surface area contributed by atoms with E-state index < -0.39 is 6.10 Å². The molecule has 1 aromatic carbocycles. The van der Waals surface area contributed by atoms with Gasteiger partial charge >= 0.3 is 0 Å². The first-order chi connectivity index (χ1) is 7.09. The highest BCUT2D eigenvalue weighted by Crippen LogP contribution is 2.17. The summed E-state index contributed by atoms with van der Waals surface area (Å²) >= 11 is 3.35. The number of nitrogens with one attached hydrogen (secondary N) is 1. The van der Waals surface area contributed by atoms with Crippen molar-refractivity contribution in [1.29, 1.82) is 0 Å². The van der Waals surface area contributed by atoms with Gasteiger partial charge in [0.25, 0.3) is 0 Å². The van der Waals surface area contributed by atoms with Gasteiger partial charge < -0.3 is 15.5 Å². The van der Waals surface area contributed by atoms with E-state index >= 15 is 0 Å². The number of benzene rings is 1. The van der Waals surface area contributed by atoms with Crippen LogP contribution in [0.3, 0.4) is 0 Å². The van der Waals surface area contributed by atoms with Crippen molar-refractivity contribution < 1.29 is 10.2 Å². The summed E-state index contributed by atoms with van der Waals surface area (Å²) in [6, 6.07) is 7.56. The van der Waals surface area contributed by atoms with Gasteiger partial charge in [0.15, 0.2) is 0 Å². The molecule has 3 N–H and O–H groups in total. The van der Waals surface area contributed by atoms with E-state index in [1.807, 2.05) is 24.3 Å². The summed E-state index contributed by atoms with van der Waals surface area (Å²) in [6.07, 6.45) is -0.930. The van der Waals surface area contributed by atoms with Crippen LogP contribution in [-0.4, -0.2) is 29.4 Å². The Morgan fingerprint density at radius 1 is 1.33 bits per heavy atom. The van der Waals surface area contributed by atoms with Gasteiger partial charge in [0.1, 0.15) is 0 Å². The van der Waals surface area contributed by atoms with Gasteiger partial charge in [-0.05, 0) is 24.6 Å². The van der Waals surface area contributed by atoms with Crippen LogP contribution in [0.15, 0.2) is 28.7 Å². The first-order valence-corrected chi connectivity index (χ1v) is 5.71. The third kappa shape index (κ3) is 4.75. The Bertz CT molecular complexity index is 304. The lowest BCUT2D eigenvalue weighted by Gasteiger charge is -2.13. The fourth-order valence-electron chi connectivity index (χ4n) is 1.26. The summed E-state index contributed by atoms with van der Waals surface area (Å²) in [6.45, 7) is 2.64. The highest BCUT2D eigenvalue weighted by atomic mass is 79.9. The Hall–Kier alpha value is -0.420. The van der Waals surface area contributed by atoms with Crippen LogP contribution >= 0.6 is 15.9 Å². The van der Waals surface area contributed by atoms with Crippen LogP contribution in [0.5, 0.6) is 0 Å². The third-order valence-corrected chi connectivity index (χ3v) is 2.50. The molecule has 15 heavy (non-hydrogen) atoms. The van der Waals surface area contributed by atoms with E-state index in [0.29, 0.717) is 13.1 Å². The van der Waals surface area contributed by atoms with Gasteiger partial charge in [-0.1, -0.05) is 28.1 Å². The van der Waals surface area contributed by atoms with Gasteiger partial charge in [0, 0.05) is 17.6 Å². The molecule has 0 saturated carbocycles. The maximum Gasteiger partial charge on any atom is 0.0914 e. The van der Waals surface area contributed by atoms with Crippen molar-refractivity contribution in [2.45, 2.75) is 19.1 Å². The quantitative estimate of drug-likeness (QED) is 0.761. The zero-order valence-electron chi connectivity index (χ0n) is 8.65. The van der Waals surface area contributed by atoms with E-state index in [4.69, 9.17) is 5.11 Å². The molecule has 0 aliphatic carbocycles. The van der Waals surface area contributed by atoms with Crippen LogP contribution in [-0.2, 0) is 0 Å². The Morgan fingerprint density at radius 3 is 2.67 bits per heavy atom. The number of aliphatic hydroxyl groups is 2. The summed E-state index contributed by atoms with van der Waals surface area (Å²) in [5.74, 6) is 0. The smallest absolute Gasteiger partial charge is 0.0914 e. The fourth-order valence-corrected chi connectivity index (χ4v) is 1.68. The first-order valence-electron chi connectivity index (χ1n) is 4.92. The molecular weight excluding hydrogens is 258 g/mol. The van der Waals surface area contributed by atoms with Crippen molar-refractivity contribution in [3.8, 4) is 0 Å². The van der Waals surface area contributed by atoms with Gasteiger partial charge in [-0.15, -0.1) is 0 Å². The van der Waals surface area contributed by atoms with E-state index in [0.717, 1.165) is 10.0 Å². The Morgan fingerprint density at radius 2 is 2.07 bits per heavy atom. The molecule has 0 fully saturated rings. The molecule has 0 radical (unpaired) electrons. The molecule has 4 heteroatoms. The average Bonchev–Trinajstić information content (AvgIpc) is 2.17. The Labute approximate surface area is 98.3 Å². The lowest BCUT2D eigenvalue weighted by molar-refractivity contribution is 0.155. The molecule has 2 atom stereocenters. The SMILES string of the molecule is CC(O)CNCC(O)c1cccc(Br)c1. The predicted octanol–water partition coefficient (Wildman–Crippen LogP) is 1.45. The van der Waals surface area contributed by atoms with Crippen LogP contribution in [0.1, 0.15) is 18.6 Å². The van der Waals surface area contributed by atoms with Gasteiger partial charge in [-0.3, -0.25) is 0 Å². The maximum atomic E-state index is 9.79. The van der Waals surface area contributed by atoms with E-state index in [2.05, 4.69) is 21.2 Å². The lowest BCUT2D eigenvalue weighted by atomic mass is 10.1. The second-order valence-electron chi connectivity index (χ2n) is 3.58. The summed E-state index contributed by atoms with van der Waals surface area (Å²) < 4.78 is 0.953. The van der Waals surface area contributed by atoms with Crippen molar-refractivity contribution >= 4 is 15.9 Å². The molecule has 0 aromatic heterocycles. The van der Waals surface area contributed by atoms with Crippen LogP contribution in [0.25, 0.3) is 0 Å².